The Morgan fingerprint density at radius 2 is 1.94 bits per heavy atom. The first kappa shape index (κ1) is 11.7. The molecule has 1 aliphatic carbocycles. The van der Waals surface area contributed by atoms with Gasteiger partial charge in [0.1, 0.15) is 6.07 Å². The number of nitrogens with zero attached hydrogens (tertiary/aromatic N) is 1. The predicted octanol–water partition coefficient (Wildman–Crippen LogP) is 3.08. The zero-order chi connectivity index (χ0) is 12.1. The van der Waals surface area contributed by atoms with Crippen molar-refractivity contribution in [1.29, 1.82) is 5.26 Å². The smallest absolute Gasteiger partial charge is 0.227 e. The Bertz CT molecular complexity index is 442. The monoisotopic (exact) mass is 228 g/mol. The number of rotatable bonds is 2. The van der Waals surface area contributed by atoms with Gasteiger partial charge in [-0.05, 0) is 25.0 Å². The standard InChI is InChI=1S/C14H16N2O/c15-10-12-8-4-5-9-13(12)16-14(17)11-6-2-1-3-7-11/h4-5,8-9,11H,1-3,6-7H2,(H,16,17). The zero-order valence-corrected chi connectivity index (χ0v) is 9.78. The SMILES string of the molecule is N#Cc1ccccc1NC(=O)C1CCCCC1. The van der Waals surface area contributed by atoms with Crippen LogP contribution in [-0.2, 0) is 4.79 Å². The number of carbonyl (C=O) groups excluding carboxylic acids is 1. The Labute approximate surface area is 101 Å². The third-order valence-corrected chi connectivity index (χ3v) is 3.28. The summed E-state index contributed by atoms with van der Waals surface area (Å²) in [6.07, 6.45) is 5.45. The van der Waals surface area contributed by atoms with Crippen LogP contribution in [0.4, 0.5) is 5.69 Å². The van der Waals surface area contributed by atoms with E-state index in [-0.39, 0.29) is 11.8 Å². The largest absolute Gasteiger partial charge is 0.325 e. The summed E-state index contributed by atoms with van der Waals surface area (Å²) in [4.78, 5) is 12.0. The molecular weight excluding hydrogens is 212 g/mol. The molecule has 0 aromatic heterocycles. The molecule has 3 heteroatoms. The Hall–Kier alpha value is -1.82. The normalized spacial score (nSPS) is 16.2. The number of hydrogen-bond acceptors (Lipinski definition) is 2. The summed E-state index contributed by atoms with van der Waals surface area (Å²) in [6.45, 7) is 0. The van der Waals surface area contributed by atoms with Crippen LogP contribution < -0.4 is 5.32 Å². The van der Waals surface area contributed by atoms with Gasteiger partial charge >= 0.3 is 0 Å². The summed E-state index contributed by atoms with van der Waals surface area (Å²) in [5.41, 5.74) is 1.15. The quantitative estimate of drug-likeness (QED) is 0.845. The molecule has 2 rings (SSSR count). The Balaban J connectivity index is 2.05. The van der Waals surface area contributed by atoms with Crippen LogP contribution in [0, 0.1) is 17.2 Å². The van der Waals surface area contributed by atoms with Crippen molar-refractivity contribution in [3.05, 3.63) is 29.8 Å². The average Bonchev–Trinajstić information content (AvgIpc) is 2.40. The van der Waals surface area contributed by atoms with E-state index in [4.69, 9.17) is 5.26 Å². The van der Waals surface area contributed by atoms with Crippen LogP contribution in [0.3, 0.4) is 0 Å². The fourth-order valence-electron chi connectivity index (χ4n) is 2.29. The third kappa shape index (κ3) is 2.85. The van der Waals surface area contributed by atoms with Gasteiger partial charge in [0, 0.05) is 5.92 Å². The van der Waals surface area contributed by atoms with Gasteiger partial charge in [-0.15, -0.1) is 0 Å². The molecule has 0 radical (unpaired) electrons. The van der Waals surface area contributed by atoms with Crippen molar-refractivity contribution >= 4 is 11.6 Å². The summed E-state index contributed by atoms with van der Waals surface area (Å²) in [6, 6.07) is 9.22. The van der Waals surface area contributed by atoms with Crippen LogP contribution in [0.2, 0.25) is 0 Å². The van der Waals surface area contributed by atoms with E-state index in [1.165, 1.54) is 6.42 Å². The van der Waals surface area contributed by atoms with Crippen molar-refractivity contribution in [2.24, 2.45) is 5.92 Å². The van der Waals surface area contributed by atoms with Crippen molar-refractivity contribution in [2.75, 3.05) is 5.32 Å². The van der Waals surface area contributed by atoms with E-state index in [1.807, 2.05) is 6.07 Å². The Kier molecular flexibility index (Phi) is 3.77. The summed E-state index contributed by atoms with van der Waals surface area (Å²) in [5, 5.41) is 11.8. The fourth-order valence-corrected chi connectivity index (χ4v) is 2.29. The van der Waals surface area contributed by atoms with Crippen molar-refractivity contribution in [1.82, 2.24) is 0 Å². The molecule has 0 spiro atoms. The first-order valence-electron chi connectivity index (χ1n) is 6.11. The molecule has 1 aromatic carbocycles. The van der Waals surface area contributed by atoms with Crippen molar-refractivity contribution in [3.8, 4) is 6.07 Å². The molecule has 0 heterocycles. The fraction of sp³-hybridized carbons (Fsp3) is 0.429. The molecule has 0 aliphatic heterocycles. The van der Waals surface area contributed by atoms with Gasteiger partial charge in [-0.2, -0.15) is 5.26 Å². The molecule has 1 aliphatic rings. The van der Waals surface area contributed by atoms with Gasteiger partial charge in [-0.25, -0.2) is 0 Å². The average molecular weight is 228 g/mol. The van der Waals surface area contributed by atoms with E-state index < -0.39 is 0 Å². The molecule has 1 aromatic rings. The molecule has 0 saturated heterocycles. The number of benzene rings is 1. The van der Waals surface area contributed by atoms with Gasteiger partial charge in [0.25, 0.3) is 0 Å². The van der Waals surface area contributed by atoms with Crippen LogP contribution in [0.1, 0.15) is 37.7 Å². The van der Waals surface area contributed by atoms with E-state index in [9.17, 15) is 4.79 Å². The number of nitriles is 1. The summed E-state index contributed by atoms with van der Waals surface area (Å²) < 4.78 is 0. The van der Waals surface area contributed by atoms with Gasteiger partial charge in [-0.1, -0.05) is 31.4 Å². The van der Waals surface area contributed by atoms with Gasteiger partial charge in [0.2, 0.25) is 5.91 Å². The summed E-state index contributed by atoms with van der Waals surface area (Å²) >= 11 is 0. The highest BCUT2D eigenvalue weighted by Crippen LogP contribution is 2.25. The number of anilines is 1. The lowest BCUT2D eigenvalue weighted by molar-refractivity contribution is -0.120. The van der Waals surface area contributed by atoms with Crippen molar-refractivity contribution in [2.45, 2.75) is 32.1 Å². The third-order valence-electron chi connectivity index (χ3n) is 3.28. The minimum absolute atomic E-state index is 0.0624. The molecule has 0 bridgehead atoms. The first-order valence-corrected chi connectivity index (χ1v) is 6.11. The highest BCUT2D eigenvalue weighted by atomic mass is 16.1. The van der Waals surface area contributed by atoms with Gasteiger partial charge in [0.15, 0.2) is 0 Å². The topological polar surface area (TPSA) is 52.9 Å². The summed E-state index contributed by atoms with van der Waals surface area (Å²) in [5.74, 6) is 0.183. The maximum Gasteiger partial charge on any atom is 0.227 e. The van der Waals surface area contributed by atoms with Gasteiger partial charge < -0.3 is 5.32 Å². The molecule has 1 amide bonds. The van der Waals surface area contributed by atoms with E-state index in [0.29, 0.717) is 11.3 Å². The lowest BCUT2D eigenvalue weighted by Gasteiger charge is -2.20. The molecule has 1 saturated carbocycles. The second kappa shape index (κ2) is 5.49. The van der Waals surface area contributed by atoms with Crippen LogP contribution >= 0.6 is 0 Å². The highest BCUT2D eigenvalue weighted by Gasteiger charge is 2.21. The molecular formula is C14H16N2O. The summed E-state index contributed by atoms with van der Waals surface area (Å²) in [7, 11) is 0. The number of hydrogen-bond donors (Lipinski definition) is 1. The number of para-hydroxylation sites is 1. The van der Waals surface area contributed by atoms with Crippen LogP contribution in [0.25, 0.3) is 0 Å². The van der Waals surface area contributed by atoms with Crippen LogP contribution in [-0.4, -0.2) is 5.91 Å². The number of amides is 1. The zero-order valence-electron chi connectivity index (χ0n) is 9.78. The second-order valence-corrected chi connectivity index (χ2v) is 4.48. The predicted molar refractivity (Wildman–Crippen MR) is 66.4 cm³/mol. The lowest BCUT2D eigenvalue weighted by Crippen LogP contribution is -2.25. The van der Waals surface area contributed by atoms with Gasteiger partial charge in [0.05, 0.1) is 11.3 Å². The van der Waals surface area contributed by atoms with Crippen LogP contribution in [0.15, 0.2) is 24.3 Å². The molecule has 0 unspecified atom stereocenters. The molecule has 3 nitrogen and oxygen atoms in total. The number of nitrogens with one attached hydrogen (secondary N) is 1. The molecule has 0 atom stereocenters. The Morgan fingerprint density at radius 1 is 1.24 bits per heavy atom. The van der Waals surface area contributed by atoms with Crippen LogP contribution in [0.5, 0.6) is 0 Å². The maximum atomic E-state index is 12.0. The first-order chi connectivity index (χ1) is 8.31. The van der Waals surface area contributed by atoms with Crippen molar-refractivity contribution in [3.63, 3.8) is 0 Å². The van der Waals surface area contributed by atoms with Crippen molar-refractivity contribution < 1.29 is 4.79 Å². The number of carbonyl (C=O) groups is 1. The highest BCUT2D eigenvalue weighted by molar-refractivity contribution is 5.93. The molecule has 1 N–H and O–H groups in total. The van der Waals surface area contributed by atoms with E-state index in [1.54, 1.807) is 18.2 Å². The molecule has 1 fully saturated rings. The minimum Gasteiger partial charge on any atom is -0.325 e. The Morgan fingerprint density at radius 3 is 2.65 bits per heavy atom. The van der Waals surface area contributed by atoms with E-state index >= 15 is 0 Å². The second-order valence-electron chi connectivity index (χ2n) is 4.48. The maximum absolute atomic E-state index is 12.0. The van der Waals surface area contributed by atoms with E-state index in [0.717, 1.165) is 25.7 Å². The van der Waals surface area contributed by atoms with Gasteiger partial charge in [-0.3, -0.25) is 4.79 Å². The minimum atomic E-state index is 0.0624. The lowest BCUT2D eigenvalue weighted by atomic mass is 9.88. The molecule has 88 valence electrons. The molecule has 17 heavy (non-hydrogen) atoms. The van der Waals surface area contributed by atoms with E-state index in [2.05, 4.69) is 11.4 Å².